The van der Waals surface area contributed by atoms with Crippen molar-refractivity contribution in [1.29, 1.82) is 0 Å². The van der Waals surface area contributed by atoms with E-state index in [0.717, 1.165) is 28.0 Å². The highest BCUT2D eigenvalue weighted by molar-refractivity contribution is 9.10. The number of nitrogens with two attached hydrogens (primary N) is 1. The topological polar surface area (TPSA) is 38.0 Å². The molecular weight excluding hydrogens is 296 g/mol. The number of aryl methyl sites for hydroxylation is 2. The molecule has 3 N–H and O–H groups in total. The van der Waals surface area contributed by atoms with Gasteiger partial charge in [0.2, 0.25) is 0 Å². The van der Waals surface area contributed by atoms with Gasteiger partial charge in [-0.3, -0.25) is 0 Å². The van der Waals surface area contributed by atoms with Crippen molar-refractivity contribution in [3.63, 3.8) is 0 Å². The summed E-state index contributed by atoms with van der Waals surface area (Å²) in [5, 5.41) is 3.42. The number of nitrogen functional groups attached to an aromatic ring is 1. The zero-order valence-electron chi connectivity index (χ0n) is 9.88. The molecule has 0 fully saturated rings. The summed E-state index contributed by atoms with van der Waals surface area (Å²) < 4.78 is 1.01. The monoisotopic (exact) mass is 310 g/mol. The van der Waals surface area contributed by atoms with E-state index in [-0.39, 0.29) is 0 Å². The van der Waals surface area contributed by atoms with Crippen LogP contribution in [-0.4, -0.2) is 0 Å². The maximum Gasteiger partial charge on any atom is 0.0494 e. The Kier molecular flexibility index (Phi) is 3.74. The van der Waals surface area contributed by atoms with Crippen LogP contribution < -0.4 is 11.1 Å². The van der Waals surface area contributed by atoms with Crippen molar-refractivity contribution in [3.8, 4) is 0 Å². The molecule has 0 aliphatic carbocycles. The van der Waals surface area contributed by atoms with E-state index in [4.69, 9.17) is 5.73 Å². The summed E-state index contributed by atoms with van der Waals surface area (Å²) >= 11 is 5.34. The van der Waals surface area contributed by atoms with Gasteiger partial charge in [0.25, 0.3) is 0 Å². The number of rotatable bonds is 3. The molecule has 0 bridgehead atoms. The van der Waals surface area contributed by atoms with E-state index in [2.05, 4.69) is 46.4 Å². The first-order valence-electron chi connectivity index (χ1n) is 5.41. The molecule has 90 valence electrons. The number of hydrogen-bond acceptors (Lipinski definition) is 3. The summed E-state index contributed by atoms with van der Waals surface area (Å²) in [6.45, 7) is 4.99. The van der Waals surface area contributed by atoms with Gasteiger partial charge in [-0.15, -0.1) is 11.3 Å². The fraction of sp³-hybridized carbons (Fsp3) is 0.231. The summed E-state index contributed by atoms with van der Waals surface area (Å²) in [5.41, 5.74) is 8.84. The maximum absolute atomic E-state index is 5.84. The zero-order valence-corrected chi connectivity index (χ0v) is 12.3. The first-order chi connectivity index (χ1) is 8.06. The number of benzene rings is 1. The second-order valence-electron chi connectivity index (χ2n) is 4.05. The van der Waals surface area contributed by atoms with Crippen molar-refractivity contribution < 1.29 is 0 Å². The van der Waals surface area contributed by atoms with Gasteiger partial charge in [0.1, 0.15) is 0 Å². The minimum Gasteiger partial charge on any atom is -0.398 e. The van der Waals surface area contributed by atoms with Gasteiger partial charge in [0.15, 0.2) is 0 Å². The third-order valence-electron chi connectivity index (χ3n) is 2.60. The molecule has 2 rings (SSSR count). The van der Waals surface area contributed by atoms with Crippen molar-refractivity contribution in [2.45, 2.75) is 20.4 Å². The quantitative estimate of drug-likeness (QED) is 0.828. The predicted molar refractivity (Wildman–Crippen MR) is 79.7 cm³/mol. The van der Waals surface area contributed by atoms with Crippen molar-refractivity contribution in [2.24, 2.45) is 0 Å². The van der Waals surface area contributed by atoms with E-state index in [1.54, 1.807) is 0 Å². The van der Waals surface area contributed by atoms with E-state index in [9.17, 15) is 0 Å². The van der Waals surface area contributed by atoms with E-state index in [1.165, 1.54) is 9.75 Å². The molecule has 2 aromatic rings. The highest BCUT2D eigenvalue weighted by Gasteiger charge is 2.04. The molecule has 0 spiro atoms. The molecule has 0 atom stereocenters. The predicted octanol–water partition coefficient (Wildman–Crippen LogP) is 4.32. The van der Waals surface area contributed by atoms with Gasteiger partial charge in [-0.05, 0) is 59.6 Å². The average molecular weight is 311 g/mol. The first kappa shape index (κ1) is 12.5. The lowest BCUT2D eigenvalue weighted by Gasteiger charge is -2.10. The number of hydrogen-bond donors (Lipinski definition) is 2. The molecule has 1 aromatic carbocycles. The molecule has 1 aromatic heterocycles. The molecule has 0 radical (unpaired) electrons. The normalized spacial score (nSPS) is 10.5. The van der Waals surface area contributed by atoms with Gasteiger partial charge < -0.3 is 11.1 Å². The van der Waals surface area contributed by atoms with Gasteiger partial charge in [-0.1, -0.05) is 0 Å². The summed E-state index contributed by atoms with van der Waals surface area (Å²) in [6, 6.07) is 8.31. The molecular formula is C13H15BrN2S. The molecule has 0 aliphatic rings. The van der Waals surface area contributed by atoms with Crippen LogP contribution in [0.3, 0.4) is 0 Å². The Morgan fingerprint density at radius 3 is 2.71 bits per heavy atom. The molecule has 0 saturated heterocycles. The van der Waals surface area contributed by atoms with Crippen LogP contribution in [0.1, 0.15) is 15.3 Å². The van der Waals surface area contributed by atoms with Crippen LogP contribution in [0.2, 0.25) is 0 Å². The van der Waals surface area contributed by atoms with Crippen LogP contribution in [0, 0.1) is 13.8 Å². The van der Waals surface area contributed by atoms with Crippen LogP contribution in [0.4, 0.5) is 11.4 Å². The lowest BCUT2D eigenvalue weighted by Crippen LogP contribution is -2.00. The van der Waals surface area contributed by atoms with Crippen LogP contribution >= 0.6 is 27.3 Å². The fourth-order valence-electron chi connectivity index (χ4n) is 1.59. The number of halogens is 1. The Morgan fingerprint density at radius 2 is 2.06 bits per heavy atom. The van der Waals surface area contributed by atoms with Gasteiger partial charge in [-0.25, -0.2) is 0 Å². The van der Waals surface area contributed by atoms with Crippen molar-refractivity contribution >= 4 is 38.6 Å². The van der Waals surface area contributed by atoms with E-state index in [0.29, 0.717) is 0 Å². The molecule has 0 unspecified atom stereocenters. The molecule has 0 aliphatic heterocycles. The zero-order chi connectivity index (χ0) is 12.4. The lowest BCUT2D eigenvalue weighted by atomic mass is 10.2. The summed E-state index contributed by atoms with van der Waals surface area (Å²) in [5.74, 6) is 0. The SMILES string of the molecule is Cc1ccc(CNc2cc(C)c(N)cc2Br)s1. The Bertz CT molecular complexity index is 534. The largest absolute Gasteiger partial charge is 0.398 e. The highest BCUT2D eigenvalue weighted by Crippen LogP contribution is 2.28. The van der Waals surface area contributed by atoms with Crippen LogP contribution in [0.15, 0.2) is 28.7 Å². The Labute approximate surface area is 114 Å². The molecule has 2 nitrogen and oxygen atoms in total. The van der Waals surface area contributed by atoms with Gasteiger partial charge in [0.05, 0.1) is 0 Å². The molecule has 0 amide bonds. The first-order valence-corrected chi connectivity index (χ1v) is 7.02. The van der Waals surface area contributed by atoms with E-state index in [1.807, 2.05) is 24.3 Å². The van der Waals surface area contributed by atoms with Crippen molar-refractivity contribution in [2.75, 3.05) is 11.1 Å². The van der Waals surface area contributed by atoms with Crippen molar-refractivity contribution in [1.82, 2.24) is 0 Å². The average Bonchev–Trinajstić information content (AvgIpc) is 2.68. The van der Waals surface area contributed by atoms with Crippen molar-refractivity contribution in [3.05, 3.63) is 44.1 Å². The number of anilines is 2. The Morgan fingerprint density at radius 1 is 1.29 bits per heavy atom. The molecule has 0 saturated carbocycles. The van der Waals surface area contributed by atoms with E-state index < -0.39 is 0 Å². The molecule has 17 heavy (non-hydrogen) atoms. The second kappa shape index (κ2) is 5.10. The smallest absolute Gasteiger partial charge is 0.0494 e. The third kappa shape index (κ3) is 3.01. The summed E-state index contributed by atoms with van der Waals surface area (Å²) in [7, 11) is 0. The van der Waals surface area contributed by atoms with E-state index >= 15 is 0 Å². The Hall–Kier alpha value is -1.000. The van der Waals surface area contributed by atoms with Gasteiger partial charge >= 0.3 is 0 Å². The minimum absolute atomic E-state index is 0.814. The Balaban J connectivity index is 2.11. The minimum atomic E-state index is 0.814. The van der Waals surface area contributed by atoms with Crippen LogP contribution in [-0.2, 0) is 6.54 Å². The lowest BCUT2D eigenvalue weighted by molar-refractivity contribution is 1.18. The number of nitrogens with one attached hydrogen (secondary N) is 1. The third-order valence-corrected chi connectivity index (χ3v) is 4.26. The van der Waals surface area contributed by atoms with Gasteiger partial charge in [-0.2, -0.15) is 0 Å². The number of thiophene rings is 1. The fourth-order valence-corrected chi connectivity index (χ4v) is 2.93. The standard InChI is InChI=1S/C13H15BrN2S/c1-8-5-13(11(14)6-12(8)15)16-7-10-4-3-9(2)17-10/h3-6,16H,7,15H2,1-2H3. The second-order valence-corrected chi connectivity index (χ2v) is 6.28. The highest BCUT2D eigenvalue weighted by atomic mass is 79.9. The summed E-state index contributed by atoms with van der Waals surface area (Å²) in [6.07, 6.45) is 0. The molecule has 4 heteroatoms. The maximum atomic E-state index is 5.84. The molecule has 1 heterocycles. The summed E-state index contributed by atoms with van der Waals surface area (Å²) in [4.78, 5) is 2.68. The van der Waals surface area contributed by atoms with Crippen LogP contribution in [0.25, 0.3) is 0 Å². The van der Waals surface area contributed by atoms with Gasteiger partial charge in [0, 0.05) is 32.1 Å². The van der Waals surface area contributed by atoms with Crippen LogP contribution in [0.5, 0.6) is 0 Å².